The molecule has 0 fully saturated rings. The van der Waals surface area contributed by atoms with Crippen molar-refractivity contribution in [2.75, 3.05) is 13.1 Å². The molecule has 2 rings (SSSR count). The van der Waals surface area contributed by atoms with Crippen molar-refractivity contribution in [1.29, 1.82) is 0 Å². The maximum atomic E-state index is 12.5. The number of carbonyl (C=O) groups excluding carboxylic acids is 3. The zero-order valence-electron chi connectivity index (χ0n) is 13.9. The predicted octanol–water partition coefficient (Wildman–Crippen LogP) is 3.78. The first-order valence-corrected chi connectivity index (χ1v) is 8.46. The molecule has 1 aliphatic rings. The van der Waals surface area contributed by atoms with Gasteiger partial charge in [-0.2, -0.15) is 13.2 Å². The zero-order valence-corrected chi connectivity index (χ0v) is 15.4. The maximum absolute atomic E-state index is 12.5. The van der Waals surface area contributed by atoms with Crippen molar-refractivity contribution in [3.05, 3.63) is 33.3 Å². The summed E-state index contributed by atoms with van der Waals surface area (Å²) >= 11 is 11.7. The first kappa shape index (κ1) is 20.5. The fourth-order valence-electron chi connectivity index (χ4n) is 2.66. The Morgan fingerprint density at radius 2 is 1.62 bits per heavy atom. The number of amides is 3. The van der Waals surface area contributed by atoms with Crippen molar-refractivity contribution in [3.63, 3.8) is 0 Å². The minimum atomic E-state index is -4.42. The summed E-state index contributed by atoms with van der Waals surface area (Å²) in [5.74, 6) is -2.23. The Kier molecular flexibility index (Phi) is 5.87. The summed E-state index contributed by atoms with van der Waals surface area (Å²) < 4.78 is 37.2. The van der Waals surface area contributed by atoms with Crippen LogP contribution in [0.1, 0.15) is 41.0 Å². The van der Waals surface area contributed by atoms with Gasteiger partial charge in [-0.05, 0) is 26.0 Å². The van der Waals surface area contributed by atoms with Crippen LogP contribution >= 0.6 is 23.2 Å². The lowest BCUT2D eigenvalue weighted by atomic mass is 10.1. The van der Waals surface area contributed by atoms with Crippen LogP contribution in [0.3, 0.4) is 0 Å². The van der Waals surface area contributed by atoms with Crippen LogP contribution in [0.15, 0.2) is 12.1 Å². The van der Waals surface area contributed by atoms with Gasteiger partial charge < -0.3 is 4.90 Å². The molecule has 3 amide bonds. The van der Waals surface area contributed by atoms with Crippen LogP contribution in [0.2, 0.25) is 10.0 Å². The van der Waals surface area contributed by atoms with E-state index in [-0.39, 0.29) is 27.7 Å². The quantitative estimate of drug-likeness (QED) is 0.694. The van der Waals surface area contributed by atoms with E-state index in [9.17, 15) is 27.6 Å². The molecule has 0 saturated heterocycles. The summed E-state index contributed by atoms with van der Waals surface area (Å²) in [6.45, 7) is 2.27. The lowest BCUT2D eigenvalue weighted by Gasteiger charge is -2.29. The van der Waals surface area contributed by atoms with E-state index < -0.39 is 42.9 Å². The van der Waals surface area contributed by atoms with Crippen molar-refractivity contribution in [3.8, 4) is 0 Å². The van der Waals surface area contributed by atoms with Gasteiger partial charge in [0.25, 0.3) is 11.8 Å². The molecule has 0 spiro atoms. The van der Waals surface area contributed by atoms with Crippen LogP contribution in [0, 0.1) is 0 Å². The molecule has 1 heterocycles. The molecule has 1 aromatic rings. The second kappa shape index (κ2) is 7.44. The van der Waals surface area contributed by atoms with Crippen LogP contribution in [-0.4, -0.2) is 52.8 Å². The summed E-state index contributed by atoms with van der Waals surface area (Å²) in [4.78, 5) is 39.2. The van der Waals surface area contributed by atoms with Gasteiger partial charge in [-0.25, -0.2) is 0 Å². The fourth-order valence-corrected chi connectivity index (χ4v) is 2.99. The predicted molar refractivity (Wildman–Crippen MR) is 89.4 cm³/mol. The molecular formula is C16H15Cl2F3N2O3. The van der Waals surface area contributed by atoms with Gasteiger partial charge in [-0.1, -0.05) is 23.2 Å². The molecule has 26 heavy (non-hydrogen) atoms. The second-order valence-electron chi connectivity index (χ2n) is 5.75. The third kappa shape index (κ3) is 3.96. The Morgan fingerprint density at radius 1 is 1.15 bits per heavy atom. The number of imide groups is 1. The lowest BCUT2D eigenvalue weighted by molar-refractivity contribution is -0.147. The molecule has 0 radical (unpaired) electrons. The average molecular weight is 411 g/mol. The third-order valence-corrected chi connectivity index (χ3v) is 4.78. The van der Waals surface area contributed by atoms with Gasteiger partial charge in [0, 0.05) is 13.1 Å². The van der Waals surface area contributed by atoms with Gasteiger partial charge in [0.05, 0.1) is 27.6 Å². The minimum absolute atomic E-state index is 0.00221. The molecule has 1 aliphatic heterocycles. The summed E-state index contributed by atoms with van der Waals surface area (Å²) in [6.07, 6.45) is -5.59. The van der Waals surface area contributed by atoms with Crippen molar-refractivity contribution >= 4 is 40.9 Å². The van der Waals surface area contributed by atoms with E-state index >= 15 is 0 Å². The largest absolute Gasteiger partial charge is 0.390 e. The Labute approximate surface area is 157 Å². The Bertz CT molecular complexity index is 727. The van der Waals surface area contributed by atoms with Crippen LogP contribution in [-0.2, 0) is 4.79 Å². The SMILES string of the molecule is CCN(CCC(F)(F)F)C(=O)C(C)N1C(=O)c2cc(Cl)c(Cl)cc2C1=O. The highest BCUT2D eigenvalue weighted by Crippen LogP contribution is 2.32. The van der Waals surface area contributed by atoms with Crippen molar-refractivity contribution in [1.82, 2.24) is 9.80 Å². The van der Waals surface area contributed by atoms with Crippen molar-refractivity contribution in [2.45, 2.75) is 32.5 Å². The number of alkyl halides is 3. The van der Waals surface area contributed by atoms with Gasteiger partial charge in [-0.3, -0.25) is 19.3 Å². The van der Waals surface area contributed by atoms with Gasteiger partial charge in [0.15, 0.2) is 0 Å². The number of halogens is 5. The molecular weight excluding hydrogens is 396 g/mol. The molecule has 5 nitrogen and oxygen atoms in total. The molecule has 0 aliphatic carbocycles. The lowest BCUT2D eigenvalue weighted by Crippen LogP contribution is -2.50. The van der Waals surface area contributed by atoms with Crippen LogP contribution < -0.4 is 0 Å². The van der Waals surface area contributed by atoms with Crippen LogP contribution in [0.4, 0.5) is 13.2 Å². The van der Waals surface area contributed by atoms with E-state index in [2.05, 4.69) is 0 Å². The van der Waals surface area contributed by atoms with Crippen LogP contribution in [0.5, 0.6) is 0 Å². The topological polar surface area (TPSA) is 57.7 Å². The number of hydrogen-bond acceptors (Lipinski definition) is 3. The van der Waals surface area contributed by atoms with Crippen LogP contribution in [0.25, 0.3) is 0 Å². The third-order valence-electron chi connectivity index (χ3n) is 4.06. The molecule has 0 bridgehead atoms. The molecule has 0 aromatic heterocycles. The van der Waals surface area contributed by atoms with E-state index in [0.29, 0.717) is 0 Å². The van der Waals surface area contributed by atoms with E-state index in [4.69, 9.17) is 23.2 Å². The maximum Gasteiger partial charge on any atom is 0.390 e. The number of likely N-dealkylation sites (N-methyl/N-ethyl adjacent to an activating group) is 1. The molecule has 0 saturated carbocycles. The molecule has 1 unspecified atom stereocenters. The van der Waals surface area contributed by atoms with Gasteiger partial charge in [0.1, 0.15) is 6.04 Å². The summed E-state index contributed by atoms with van der Waals surface area (Å²) in [5.41, 5.74) is 0.00443. The summed E-state index contributed by atoms with van der Waals surface area (Å²) in [5, 5.41) is 0.153. The molecule has 1 atom stereocenters. The average Bonchev–Trinajstić information content (AvgIpc) is 2.78. The second-order valence-corrected chi connectivity index (χ2v) is 6.57. The number of nitrogens with zero attached hydrogens (tertiary/aromatic N) is 2. The highest BCUT2D eigenvalue weighted by Gasteiger charge is 2.42. The molecule has 0 N–H and O–H groups in total. The Balaban J connectivity index is 2.23. The van der Waals surface area contributed by atoms with Crippen molar-refractivity contribution < 1.29 is 27.6 Å². The highest BCUT2D eigenvalue weighted by molar-refractivity contribution is 6.43. The number of fused-ring (bicyclic) bond motifs is 1. The molecule has 10 heteroatoms. The Hall–Kier alpha value is -1.80. The van der Waals surface area contributed by atoms with Gasteiger partial charge >= 0.3 is 6.18 Å². The van der Waals surface area contributed by atoms with E-state index in [0.717, 1.165) is 9.80 Å². The van der Waals surface area contributed by atoms with Gasteiger partial charge in [0.2, 0.25) is 5.91 Å². The zero-order chi connectivity index (χ0) is 19.8. The monoisotopic (exact) mass is 410 g/mol. The number of hydrogen-bond donors (Lipinski definition) is 0. The Morgan fingerprint density at radius 3 is 2.00 bits per heavy atom. The smallest absolute Gasteiger partial charge is 0.341 e. The summed E-state index contributed by atoms with van der Waals surface area (Å²) in [7, 11) is 0. The standard InChI is InChI=1S/C16H15Cl2F3N2O3/c1-3-22(5-4-16(19,20)21)13(24)8(2)23-14(25)9-6-11(17)12(18)7-10(9)15(23)26/h6-8H,3-5H2,1-2H3. The van der Waals surface area contributed by atoms with E-state index in [1.54, 1.807) is 0 Å². The number of carbonyl (C=O) groups is 3. The molecule has 1 aromatic carbocycles. The normalized spacial score (nSPS) is 15.3. The van der Waals surface area contributed by atoms with E-state index in [1.165, 1.54) is 26.0 Å². The first-order chi connectivity index (χ1) is 12.0. The first-order valence-electron chi connectivity index (χ1n) is 7.70. The fraction of sp³-hybridized carbons (Fsp3) is 0.438. The minimum Gasteiger partial charge on any atom is -0.341 e. The van der Waals surface area contributed by atoms with Crippen molar-refractivity contribution in [2.24, 2.45) is 0 Å². The number of rotatable bonds is 5. The van der Waals surface area contributed by atoms with Gasteiger partial charge in [-0.15, -0.1) is 0 Å². The highest BCUT2D eigenvalue weighted by atomic mass is 35.5. The van der Waals surface area contributed by atoms with E-state index in [1.807, 2.05) is 0 Å². The summed E-state index contributed by atoms with van der Waals surface area (Å²) in [6, 6.07) is 1.21. The number of benzene rings is 1. The molecule has 142 valence electrons.